The van der Waals surface area contributed by atoms with Gasteiger partial charge in [0.2, 0.25) is 0 Å². The van der Waals surface area contributed by atoms with Crippen molar-refractivity contribution in [1.29, 1.82) is 0 Å². The summed E-state index contributed by atoms with van der Waals surface area (Å²) in [5.41, 5.74) is 0.160. The van der Waals surface area contributed by atoms with E-state index >= 15 is 0 Å². The van der Waals surface area contributed by atoms with E-state index in [1.165, 1.54) is 24.3 Å². The van der Waals surface area contributed by atoms with Crippen LogP contribution in [0.4, 0.5) is 0 Å². The molecule has 0 fully saturated rings. The molecule has 0 aromatic heterocycles. The zero-order chi connectivity index (χ0) is 8.97. The van der Waals surface area contributed by atoms with Gasteiger partial charge in [0.25, 0.3) is 0 Å². The summed E-state index contributed by atoms with van der Waals surface area (Å²) in [6.07, 6.45) is 0. The Morgan fingerprint density at radius 1 is 1.33 bits per heavy atom. The van der Waals surface area contributed by atoms with Crippen molar-refractivity contribution in [2.45, 2.75) is 0 Å². The molecule has 1 aromatic rings. The second-order valence-corrected chi connectivity index (χ2v) is 2.04. The van der Waals surface area contributed by atoms with Crippen LogP contribution < -0.4 is 4.65 Å². The molecule has 0 spiro atoms. The van der Waals surface area contributed by atoms with Gasteiger partial charge in [-0.2, -0.15) is 0 Å². The number of hydrogen-bond acceptors (Lipinski definition) is 3. The second-order valence-electron chi connectivity index (χ2n) is 2.04. The molecule has 12 heavy (non-hydrogen) atoms. The SMILES string of the molecule is O=BOc1ccc(C(=O)O)cc1. The first-order chi connectivity index (χ1) is 5.74. The van der Waals surface area contributed by atoms with Crippen LogP contribution in [0.25, 0.3) is 0 Å². The minimum absolute atomic E-state index is 0.160. The topological polar surface area (TPSA) is 63.6 Å². The van der Waals surface area contributed by atoms with Gasteiger partial charge >= 0.3 is 68.2 Å². The molecule has 60 valence electrons. The molecule has 1 N–H and O–H groups in total. The van der Waals surface area contributed by atoms with E-state index in [1.54, 1.807) is 0 Å². The zero-order valence-corrected chi connectivity index (χ0v) is 6.06. The summed E-state index contributed by atoms with van der Waals surface area (Å²) in [5.74, 6) is -0.678. The predicted molar refractivity (Wildman–Crippen MR) is 40.5 cm³/mol. The molecule has 0 saturated heterocycles. The molecule has 0 atom stereocenters. The monoisotopic (exact) mass is 164 g/mol. The van der Waals surface area contributed by atoms with E-state index in [9.17, 15) is 9.50 Å². The molecular weight excluding hydrogens is 159 g/mol. The van der Waals surface area contributed by atoms with Crippen molar-refractivity contribution in [3.8, 4) is 5.75 Å². The Bertz CT molecular complexity index is 293. The van der Waals surface area contributed by atoms with Crippen molar-refractivity contribution in [3.63, 3.8) is 0 Å². The number of carboxylic acid groups (broad SMARTS) is 1. The van der Waals surface area contributed by atoms with Crippen LogP contribution in [0.15, 0.2) is 24.3 Å². The van der Waals surface area contributed by atoms with Gasteiger partial charge in [-0.15, -0.1) is 0 Å². The first-order valence-electron chi connectivity index (χ1n) is 3.17. The molecule has 5 heteroatoms. The van der Waals surface area contributed by atoms with E-state index in [-0.39, 0.29) is 12.9 Å². The fourth-order valence-electron chi connectivity index (χ4n) is 0.732. The summed E-state index contributed by atoms with van der Waals surface area (Å²) in [6, 6.07) is 5.55. The van der Waals surface area contributed by atoms with E-state index in [1.807, 2.05) is 0 Å². The van der Waals surface area contributed by atoms with E-state index in [0.717, 1.165) is 0 Å². The summed E-state index contributed by atoms with van der Waals surface area (Å²) in [6.45, 7) is 0. The summed E-state index contributed by atoms with van der Waals surface area (Å²) in [7, 11) is 0.287. The summed E-state index contributed by atoms with van der Waals surface area (Å²) in [4.78, 5) is 10.4. The van der Waals surface area contributed by atoms with Crippen LogP contribution in [0.2, 0.25) is 0 Å². The Labute approximate surface area is 69.1 Å². The summed E-state index contributed by atoms with van der Waals surface area (Å²) >= 11 is 0. The third-order valence-corrected chi connectivity index (χ3v) is 1.29. The molecule has 0 aliphatic carbocycles. The molecule has 0 unspecified atom stereocenters. The number of rotatable bonds is 3. The Kier molecular flexibility index (Phi) is 2.58. The van der Waals surface area contributed by atoms with Gasteiger partial charge in [0.05, 0.1) is 0 Å². The average molecular weight is 164 g/mol. The van der Waals surface area contributed by atoms with Crippen LogP contribution in [-0.2, 0) is 4.70 Å². The zero-order valence-electron chi connectivity index (χ0n) is 6.06. The van der Waals surface area contributed by atoms with Gasteiger partial charge in [0.1, 0.15) is 0 Å². The first-order valence-corrected chi connectivity index (χ1v) is 3.17. The second kappa shape index (κ2) is 3.66. The van der Waals surface area contributed by atoms with E-state index in [4.69, 9.17) is 5.11 Å². The molecule has 1 aromatic carbocycles. The summed E-state index contributed by atoms with van der Waals surface area (Å²) in [5, 5.41) is 8.50. The van der Waals surface area contributed by atoms with Crippen molar-refractivity contribution in [2.24, 2.45) is 0 Å². The molecule has 1 rings (SSSR count). The Morgan fingerprint density at radius 2 is 1.92 bits per heavy atom. The van der Waals surface area contributed by atoms with Crippen LogP contribution in [0.5, 0.6) is 5.75 Å². The number of carboxylic acids is 1. The molecule has 0 bridgehead atoms. The van der Waals surface area contributed by atoms with Crippen molar-refractivity contribution in [1.82, 2.24) is 0 Å². The van der Waals surface area contributed by atoms with Crippen molar-refractivity contribution >= 4 is 13.3 Å². The summed E-state index contributed by atoms with van der Waals surface area (Å²) < 4.78 is 14.3. The molecular formula is C7H5BO4. The quantitative estimate of drug-likeness (QED) is 0.668. The average Bonchev–Trinajstić information content (AvgIpc) is 2.06. The van der Waals surface area contributed by atoms with Crippen LogP contribution in [0, 0.1) is 0 Å². The first kappa shape index (κ1) is 8.45. The van der Waals surface area contributed by atoms with E-state index in [0.29, 0.717) is 5.75 Å². The maximum absolute atomic E-state index is 10.4. The van der Waals surface area contributed by atoms with Gasteiger partial charge in [-0.05, 0) is 0 Å². The van der Waals surface area contributed by atoms with Gasteiger partial charge in [-0.25, -0.2) is 0 Å². The van der Waals surface area contributed by atoms with E-state index in [2.05, 4.69) is 4.65 Å². The Hall–Kier alpha value is -1.65. The van der Waals surface area contributed by atoms with Crippen molar-refractivity contribution < 1.29 is 19.3 Å². The maximum atomic E-state index is 10.4. The van der Waals surface area contributed by atoms with Gasteiger partial charge < -0.3 is 0 Å². The fraction of sp³-hybridized carbons (Fsp3) is 0. The van der Waals surface area contributed by atoms with Crippen LogP contribution in [-0.4, -0.2) is 18.4 Å². The van der Waals surface area contributed by atoms with Gasteiger partial charge in [-0.3, -0.25) is 0 Å². The number of benzene rings is 1. The minimum atomic E-state index is -1.01. The Balaban J connectivity index is 2.85. The van der Waals surface area contributed by atoms with Crippen molar-refractivity contribution in [2.75, 3.05) is 0 Å². The number of carbonyl (C=O) groups is 1. The molecule has 0 aliphatic heterocycles. The van der Waals surface area contributed by atoms with Gasteiger partial charge in [-0.1, -0.05) is 0 Å². The number of hydrogen-bond donors (Lipinski definition) is 1. The predicted octanol–water partition coefficient (Wildman–Crippen LogP) is 0.728. The normalized spacial score (nSPS) is 8.67. The third-order valence-electron chi connectivity index (χ3n) is 1.29. The standard InChI is InChI=1S/C7H5BO4/c9-7(10)5-1-3-6(4-2-5)12-8-11/h1-4H,(H,9,10). The molecule has 4 nitrogen and oxygen atoms in total. The molecule has 0 aliphatic rings. The van der Waals surface area contributed by atoms with Gasteiger partial charge in [0, 0.05) is 0 Å². The van der Waals surface area contributed by atoms with Crippen LogP contribution >= 0.6 is 0 Å². The van der Waals surface area contributed by atoms with Crippen LogP contribution in [0.3, 0.4) is 0 Å². The van der Waals surface area contributed by atoms with Gasteiger partial charge in [0.15, 0.2) is 0 Å². The van der Waals surface area contributed by atoms with E-state index < -0.39 is 5.97 Å². The Morgan fingerprint density at radius 3 is 2.33 bits per heavy atom. The van der Waals surface area contributed by atoms with Crippen molar-refractivity contribution in [3.05, 3.63) is 29.8 Å². The molecule has 0 radical (unpaired) electrons. The number of aromatic carboxylic acids is 1. The fourth-order valence-corrected chi connectivity index (χ4v) is 0.732. The molecule has 0 saturated carbocycles. The third kappa shape index (κ3) is 1.92. The molecule has 0 amide bonds. The van der Waals surface area contributed by atoms with Crippen LogP contribution in [0.1, 0.15) is 10.4 Å². The molecule has 0 heterocycles.